The smallest absolute Gasteiger partial charge is 0.163 e. The summed E-state index contributed by atoms with van der Waals surface area (Å²) in [5.41, 5.74) is 0. The van der Waals surface area contributed by atoms with Crippen LogP contribution in [0.3, 0.4) is 0 Å². The minimum absolute atomic E-state index is 0.204. The third-order valence-corrected chi connectivity index (χ3v) is 1.51. The van der Waals surface area contributed by atoms with Crippen molar-refractivity contribution in [2.75, 3.05) is 13.2 Å². The van der Waals surface area contributed by atoms with E-state index in [0.717, 1.165) is 6.42 Å². The van der Waals surface area contributed by atoms with Gasteiger partial charge in [0.05, 0.1) is 6.61 Å². The third kappa shape index (κ3) is 0.892. The average Bonchev–Trinajstić information content (AvgIpc) is 2.14. The number of rotatable bonds is 1. The first-order chi connectivity index (χ1) is 3.84. The molecule has 2 heteroatoms. The molecule has 0 N–H and O–H groups in total. The van der Waals surface area contributed by atoms with Gasteiger partial charge in [0.25, 0.3) is 0 Å². The Morgan fingerprint density at radius 3 is 2.88 bits per heavy atom. The molecule has 8 heavy (non-hydrogen) atoms. The van der Waals surface area contributed by atoms with Crippen LogP contribution in [-0.4, -0.2) is 19.0 Å². The lowest BCUT2D eigenvalue weighted by Crippen LogP contribution is -2.08. The summed E-state index contributed by atoms with van der Waals surface area (Å²) in [4.78, 5) is 10.7. The molecular formula is C6H10O2. The molecule has 1 rings (SSSR count). The lowest BCUT2D eigenvalue weighted by atomic mass is 10.1. The Balaban J connectivity index is 2.42. The van der Waals surface area contributed by atoms with E-state index in [1.807, 2.05) is 6.92 Å². The summed E-state index contributed by atoms with van der Waals surface area (Å²) >= 11 is 0. The number of hydrogen-bond acceptors (Lipinski definition) is 2. The molecule has 0 aliphatic carbocycles. The van der Waals surface area contributed by atoms with Crippen LogP contribution in [0.25, 0.3) is 0 Å². The Kier molecular flexibility index (Phi) is 1.63. The van der Waals surface area contributed by atoms with Crippen molar-refractivity contribution in [2.24, 2.45) is 5.92 Å². The summed E-state index contributed by atoms with van der Waals surface area (Å²) in [5, 5.41) is 0. The molecule has 0 saturated carbocycles. The normalized spacial score (nSPS) is 29.1. The van der Waals surface area contributed by atoms with Crippen LogP contribution >= 0.6 is 0 Å². The van der Waals surface area contributed by atoms with Crippen LogP contribution in [0.5, 0.6) is 0 Å². The molecular weight excluding hydrogens is 104 g/mol. The number of ketones is 1. The fraction of sp³-hybridized carbons (Fsp3) is 0.833. The van der Waals surface area contributed by atoms with E-state index in [1.165, 1.54) is 0 Å². The molecule has 0 aromatic heterocycles. The van der Waals surface area contributed by atoms with Gasteiger partial charge in [-0.1, -0.05) is 6.92 Å². The Bertz CT molecular complexity index is 98.7. The zero-order valence-electron chi connectivity index (χ0n) is 5.02. The number of carbonyl (C=O) groups excluding carboxylic acids is 1. The molecule has 1 saturated heterocycles. The highest BCUT2D eigenvalue weighted by Gasteiger charge is 2.22. The maximum absolute atomic E-state index is 10.7. The summed E-state index contributed by atoms with van der Waals surface area (Å²) in [7, 11) is 0. The molecule has 1 aliphatic heterocycles. The Labute approximate surface area is 48.8 Å². The van der Waals surface area contributed by atoms with E-state index in [0.29, 0.717) is 13.2 Å². The zero-order valence-corrected chi connectivity index (χ0v) is 5.02. The maximum Gasteiger partial charge on any atom is 0.163 e. The van der Waals surface area contributed by atoms with Crippen molar-refractivity contribution in [2.45, 2.75) is 13.3 Å². The van der Waals surface area contributed by atoms with Gasteiger partial charge in [0.2, 0.25) is 0 Å². The fourth-order valence-electron chi connectivity index (χ4n) is 0.858. The average molecular weight is 114 g/mol. The van der Waals surface area contributed by atoms with Gasteiger partial charge < -0.3 is 4.74 Å². The van der Waals surface area contributed by atoms with E-state index < -0.39 is 0 Å². The van der Waals surface area contributed by atoms with Gasteiger partial charge >= 0.3 is 0 Å². The molecule has 2 nitrogen and oxygen atoms in total. The lowest BCUT2D eigenvalue weighted by molar-refractivity contribution is -0.120. The SMILES string of the molecule is CC[C@H]1COCC1=O. The van der Waals surface area contributed by atoms with E-state index in [4.69, 9.17) is 4.74 Å². The van der Waals surface area contributed by atoms with E-state index in [1.54, 1.807) is 0 Å². The summed E-state index contributed by atoms with van der Waals surface area (Å²) < 4.78 is 4.91. The highest BCUT2D eigenvalue weighted by molar-refractivity contribution is 5.83. The highest BCUT2D eigenvalue weighted by Crippen LogP contribution is 2.10. The minimum atomic E-state index is 0.204. The largest absolute Gasteiger partial charge is 0.373 e. The van der Waals surface area contributed by atoms with E-state index >= 15 is 0 Å². The van der Waals surface area contributed by atoms with Crippen molar-refractivity contribution >= 4 is 5.78 Å². The maximum atomic E-state index is 10.7. The van der Waals surface area contributed by atoms with Crippen molar-refractivity contribution < 1.29 is 9.53 Å². The number of Topliss-reactive ketones (excluding diaryl/α,β-unsaturated/α-hetero) is 1. The number of ether oxygens (including phenoxy) is 1. The molecule has 0 unspecified atom stereocenters. The van der Waals surface area contributed by atoms with Crippen LogP contribution in [0.1, 0.15) is 13.3 Å². The summed E-state index contributed by atoms with van der Waals surface area (Å²) in [6, 6.07) is 0. The van der Waals surface area contributed by atoms with Gasteiger partial charge in [-0.15, -0.1) is 0 Å². The summed E-state index contributed by atoms with van der Waals surface area (Å²) in [6.07, 6.45) is 0.929. The molecule has 0 amide bonds. The van der Waals surface area contributed by atoms with Crippen LogP contribution in [0.15, 0.2) is 0 Å². The second-order valence-corrected chi connectivity index (χ2v) is 2.09. The van der Waals surface area contributed by atoms with E-state index in [-0.39, 0.29) is 11.7 Å². The first-order valence-corrected chi connectivity index (χ1v) is 2.95. The molecule has 0 aromatic rings. The lowest BCUT2D eigenvalue weighted by Gasteiger charge is -1.96. The van der Waals surface area contributed by atoms with Gasteiger partial charge in [0.15, 0.2) is 5.78 Å². The molecule has 1 heterocycles. The quantitative estimate of drug-likeness (QED) is 0.499. The standard InChI is InChI=1S/C6H10O2/c1-2-5-3-8-4-6(5)7/h5H,2-4H2,1H3/t5-/m0/s1. The van der Waals surface area contributed by atoms with Crippen LogP contribution < -0.4 is 0 Å². The Morgan fingerprint density at radius 2 is 2.62 bits per heavy atom. The first-order valence-electron chi connectivity index (χ1n) is 2.95. The molecule has 1 atom stereocenters. The van der Waals surface area contributed by atoms with E-state index in [9.17, 15) is 4.79 Å². The summed E-state index contributed by atoms with van der Waals surface area (Å²) in [5.74, 6) is 0.475. The van der Waals surface area contributed by atoms with Gasteiger partial charge in [0, 0.05) is 5.92 Å². The van der Waals surface area contributed by atoms with E-state index in [2.05, 4.69) is 0 Å². The monoisotopic (exact) mass is 114 g/mol. The molecule has 0 aromatic carbocycles. The van der Waals surface area contributed by atoms with Crippen molar-refractivity contribution in [3.05, 3.63) is 0 Å². The molecule has 1 aliphatic rings. The number of hydrogen-bond donors (Lipinski definition) is 0. The predicted octanol–water partition coefficient (Wildman–Crippen LogP) is 0.612. The molecule has 0 bridgehead atoms. The van der Waals surface area contributed by atoms with Crippen LogP contribution in [0.4, 0.5) is 0 Å². The van der Waals surface area contributed by atoms with Crippen molar-refractivity contribution in [3.63, 3.8) is 0 Å². The molecule has 46 valence electrons. The topological polar surface area (TPSA) is 26.3 Å². The predicted molar refractivity (Wildman–Crippen MR) is 29.6 cm³/mol. The van der Waals surface area contributed by atoms with Crippen molar-refractivity contribution in [1.29, 1.82) is 0 Å². The van der Waals surface area contributed by atoms with Gasteiger partial charge in [0.1, 0.15) is 6.61 Å². The third-order valence-electron chi connectivity index (χ3n) is 1.51. The first kappa shape index (κ1) is 5.76. The van der Waals surface area contributed by atoms with Crippen LogP contribution in [0, 0.1) is 5.92 Å². The molecule has 0 spiro atoms. The second kappa shape index (κ2) is 2.27. The Hall–Kier alpha value is -0.370. The van der Waals surface area contributed by atoms with Crippen molar-refractivity contribution in [1.82, 2.24) is 0 Å². The second-order valence-electron chi connectivity index (χ2n) is 2.09. The summed E-state index contributed by atoms with van der Waals surface area (Å²) in [6.45, 7) is 3.01. The van der Waals surface area contributed by atoms with Gasteiger partial charge in [-0.05, 0) is 6.42 Å². The Morgan fingerprint density at radius 1 is 1.88 bits per heavy atom. The molecule has 0 radical (unpaired) electrons. The van der Waals surface area contributed by atoms with Gasteiger partial charge in [-0.25, -0.2) is 0 Å². The highest BCUT2D eigenvalue weighted by atomic mass is 16.5. The fourth-order valence-corrected chi connectivity index (χ4v) is 0.858. The molecule has 1 fully saturated rings. The minimum Gasteiger partial charge on any atom is -0.373 e. The van der Waals surface area contributed by atoms with Gasteiger partial charge in [-0.2, -0.15) is 0 Å². The van der Waals surface area contributed by atoms with Crippen molar-refractivity contribution in [3.8, 4) is 0 Å². The van der Waals surface area contributed by atoms with Crippen LogP contribution in [-0.2, 0) is 9.53 Å². The van der Waals surface area contributed by atoms with Gasteiger partial charge in [-0.3, -0.25) is 4.79 Å². The zero-order chi connectivity index (χ0) is 5.98. The van der Waals surface area contributed by atoms with Crippen LogP contribution in [0.2, 0.25) is 0 Å². The number of carbonyl (C=O) groups is 1.